The van der Waals surface area contributed by atoms with E-state index in [-0.39, 0.29) is 5.41 Å². The molecule has 1 aliphatic rings. The van der Waals surface area contributed by atoms with Gasteiger partial charge in [-0.1, -0.05) is 159 Å². The molecule has 8 aromatic rings. The molecule has 0 saturated carbocycles. The lowest BCUT2D eigenvalue weighted by molar-refractivity contribution is 0.660. The van der Waals surface area contributed by atoms with Crippen LogP contribution in [-0.2, 0) is 5.41 Å². The third kappa shape index (κ3) is 4.47. The molecule has 9 rings (SSSR count). The van der Waals surface area contributed by atoms with Gasteiger partial charge in [0.05, 0.1) is 5.69 Å². The number of rotatable bonds is 5. The summed E-state index contributed by atoms with van der Waals surface area (Å²) in [6.07, 6.45) is 0. The van der Waals surface area contributed by atoms with E-state index >= 15 is 0 Å². The summed E-state index contributed by atoms with van der Waals surface area (Å²) in [6, 6.07) is 64.4. The van der Waals surface area contributed by atoms with Crippen molar-refractivity contribution in [2.24, 2.45) is 0 Å². The SMILES string of the molecule is CC1(C)c2ccccc2-c2c(-c3cccc(N(c4ccc(-c5cccc6ccccc56)cc4)c4cccc5ccccc45)c3)cccc21. The van der Waals surface area contributed by atoms with E-state index in [1.54, 1.807) is 0 Å². The molecular weight excluding hydrogens is 579 g/mol. The molecule has 0 aromatic heterocycles. The van der Waals surface area contributed by atoms with Crippen LogP contribution in [0.1, 0.15) is 25.0 Å². The van der Waals surface area contributed by atoms with Gasteiger partial charge in [-0.2, -0.15) is 0 Å². The highest BCUT2D eigenvalue weighted by atomic mass is 15.1. The van der Waals surface area contributed by atoms with Crippen molar-refractivity contribution in [1.82, 2.24) is 0 Å². The summed E-state index contributed by atoms with van der Waals surface area (Å²) < 4.78 is 0. The zero-order chi connectivity index (χ0) is 32.2. The molecule has 0 fully saturated rings. The van der Waals surface area contributed by atoms with Crippen molar-refractivity contribution in [3.05, 3.63) is 187 Å². The minimum atomic E-state index is -0.0413. The molecular formula is C47H35N. The van der Waals surface area contributed by atoms with E-state index < -0.39 is 0 Å². The van der Waals surface area contributed by atoms with Crippen LogP contribution < -0.4 is 4.90 Å². The van der Waals surface area contributed by atoms with E-state index in [0.29, 0.717) is 0 Å². The van der Waals surface area contributed by atoms with Crippen molar-refractivity contribution >= 4 is 38.6 Å². The first-order valence-corrected chi connectivity index (χ1v) is 16.8. The van der Waals surface area contributed by atoms with Gasteiger partial charge in [-0.15, -0.1) is 0 Å². The Labute approximate surface area is 282 Å². The predicted molar refractivity (Wildman–Crippen MR) is 205 cm³/mol. The summed E-state index contributed by atoms with van der Waals surface area (Å²) >= 11 is 0. The van der Waals surface area contributed by atoms with Crippen LogP contribution in [0.5, 0.6) is 0 Å². The molecule has 8 aromatic carbocycles. The molecule has 0 heterocycles. The Bertz CT molecular complexity index is 2470. The highest BCUT2D eigenvalue weighted by Gasteiger charge is 2.36. The predicted octanol–water partition coefficient (Wildman–Crippen LogP) is 13.1. The fraction of sp³-hybridized carbons (Fsp3) is 0.0638. The van der Waals surface area contributed by atoms with Crippen LogP contribution in [0.3, 0.4) is 0 Å². The first-order valence-electron chi connectivity index (χ1n) is 16.8. The molecule has 1 nitrogen and oxygen atoms in total. The molecule has 0 aliphatic heterocycles. The van der Waals surface area contributed by atoms with Gasteiger partial charge in [-0.25, -0.2) is 0 Å². The third-order valence-corrected chi connectivity index (χ3v) is 10.3. The summed E-state index contributed by atoms with van der Waals surface area (Å²) in [5.74, 6) is 0. The summed E-state index contributed by atoms with van der Waals surface area (Å²) in [7, 11) is 0. The average molecular weight is 614 g/mol. The van der Waals surface area contributed by atoms with Crippen molar-refractivity contribution in [3.63, 3.8) is 0 Å². The highest BCUT2D eigenvalue weighted by Crippen LogP contribution is 2.52. The van der Waals surface area contributed by atoms with Gasteiger partial charge < -0.3 is 4.90 Å². The first-order chi connectivity index (χ1) is 23.6. The highest BCUT2D eigenvalue weighted by molar-refractivity contribution is 6.01. The molecule has 0 saturated heterocycles. The van der Waals surface area contributed by atoms with E-state index in [1.165, 1.54) is 66.1 Å². The van der Waals surface area contributed by atoms with Crippen LogP contribution in [0.25, 0.3) is 54.9 Å². The van der Waals surface area contributed by atoms with Crippen molar-refractivity contribution in [2.75, 3.05) is 4.90 Å². The van der Waals surface area contributed by atoms with E-state index in [0.717, 1.165) is 17.1 Å². The average Bonchev–Trinajstić information content (AvgIpc) is 3.38. The van der Waals surface area contributed by atoms with Gasteiger partial charge in [-0.05, 0) is 91.0 Å². The lowest BCUT2D eigenvalue weighted by Gasteiger charge is -2.28. The van der Waals surface area contributed by atoms with Gasteiger partial charge in [0.25, 0.3) is 0 Å². The molecule has 0 unspecified atom stereocenters. The maximum Gasteiger partial charge on any atom is 0.0540 e. The Kier molecular flexibility index (Phi) is 6.55. The van der Waals surface area contributed by atoms with Gasteiger partial charge in [-0.3, -0.25) is 0 Å². The summed E-state index contributed by atoms with van der Waals surface area (Å²) in [5, 5.41) is 4.97. The molecule has 1 aliphatic carbocycles. The number of hydrogen-bond acceptors (Lipinski definition) is 1. The van der Waals surface area contributed by atoms with E-state index in [1.807, 2.05) is 0 Å². The lowest BCUT2D eigenvalue weighted by atomic mass is 9.82. The molecule has 48 heavy (non-hydrogen) atoms. The number of hydrogen-bond donors (Lipinski definition) is 0. The maximum atomic E-state index is 2.42. The zero-order valence-electron chi connectivity index (χ0n) is 27.2. The van der Waals surface area contributed by atoms with Crippen LogP contribution >= 0.6 is 0 Å². The third-order valence-electron chi connectivity index (χ3n) is 10.3. The Morgan fingerprint density at radius 3 is 1.81 bits per heavy atom. The Morgan fingerprint density at radius 2 is 0.979 bits per heavy atom. The van der Waals surface area contributed by atoms with E-state index in [4.69, 9.17) is 0 Å². The van der Waals surface area contributed by atoms with Gasteiger partial charge in [0.1, 0.15) is 0 Å². The summed E-state index contributed by atoms with van der Waals surface area (Å²) in [5.41, 5.74) is 13.8. The van der Waals surface area contributed by atoms with Crippen LogP contribution in [0, 0.1) is 0 Å². The van der Waals surface area contributed by atoms with Crippen LogP contribution in [-0.4, -0.2) is 0 Å². The number of fused-ring (bicyclic) bond motifs is 5. The Balaban J connectivity index is 1.21. The standard InChI is InChI=1S/C47H35N/c1-47(2)43-24-8-7-21-42(43)46-41(23-12-25-44(46)47)35-17-9-18-37(31-35)48(45-26-11-16-33-14-4-6-20-40(33)45)36-29-27-34(28-30-36)39-22-10-15-32-13-3-5-19-38(32)39/h3-31H,1-2H3. The van der Waals surface area contributed by atoms with Gasteiger partial charge in [0.15, 0.2) is 0 Å². The lowest BCUT2D eigenvalue weighted by Crippen LogP contribution is -2.14. The molecule has 0 atom stereocenters. The maximum absolute atomic E-state index is 2.42. The monoisotopic (exact) mass is 613 g/mol. The fourth-order valence-electron chi connectivity index (χ4n) is 7.91. The number of nitrogens with zero attached hydrogens (tertiary/aromatic N) is 1. The first kappa shape index (κ1) is 28.3. The molecule has 0 radical (unpaired) electrons. The number of anilines is 3. The minimum Gasteiger partial charge on any atom is -0.310 e. The normalized spacial score (nSPS) is 13.0. The van der Waals surface area contributed by atoms with Crippen molar-refractivity contribution < 1.29 is 0 Å². The molecule has 0 amide bonds. The van der Waals surface area contributed by atoms with Crippen LogP contribution in [0.2, 0.25) is 0 Å². The topological polar surface area (TPSA) is 3.24 Å². The van der Waals surface area contributed by atoms with Gasteiger partial charge >= 0.3 is 0 Å². The fourth-order valence-corrected chi connectivity index (χ4v) is 7.91. The van der Waals surface area contributed by atoms with Gasteiger partial charge in [0.2, 0.25) is 0 Å². The quantitative estimate of drug-likeness (QED) is 0.187. The van der Waals surface area contributed by atoms with Crippen molar-refractivity contribution in [3.8, 4) is 33.4 Å². The molecule has 1 heteroatoms. The molecule has 0 spiro atoms. The second kappa shape index (κ2) is 11.1. The van der Waals surface area contributed by atoms with Crippen LogP contribution in [0.4, 0.5) is 17.1 Å². The minimum absolute atomic E-state index is 0.0413. The number of benzene rings is 8. The molecule has 228 valence electrons. The summed E-state index contributed by atoms with van der Waals surface area (Å²) in [6.45, 7) is 4.70. The molecule has 0 bridgehead atoms. The van der Waals surface area contributed by atoms with E-state index in [2.05, 4.69) is 195 Å². The van der Waals surface area contributed by atoms with Crippen molar-refractivity contribution in [2.45, 2.75) is 19.3 Å². The zero-order valence-corrected chi connectivity index (χ0v) is 27.2. The van der Waals surface area contributed by atoms with Gasteiger partial charge in [0, 0.05) is 22.2 Å². The van der Waals surface area contributed by atoms with Crippen molar-refractivity contribution in [1.29, 1.82) is 0 Å². The molecule has 0 N–H and O–H groups in total. The second-order valence-electron chi connectivity index (χ2n) is 13.4. The smallest absolute Gasteiger partial charge is 0.0540 e. The largest absolute Gasteiger partial charge is 0.310 e. The summed E-state index contributed by atoms with van der Waals surface area (Å²) in [4.78, 5) is 2.42. The second-order valence-corrected chi connectivity index (χ2v) is 13.4. The Morgan fingerprint density at radius 1 is 0.396 bits per heavy atom. The van der Waals surface area contributed by atoms with Crippen LogP contribution in [0.15, 0.2) is 176 Å². The Hall–Kier alpha value is -5.92. The van der Waals surface area contributed by atoms with E-state index in [9.17, 15) is 0 Å².